The molecule has 4 aromatic rings. The van der Waals surface area contributed by atoms with Crippen LogP contribution in [-0.2, 0) is 6.54 Å². The van der Waals surface area contributed by atoms with Crippen molar-refractivity contribution < 1.29 is 0 Å². The topological polar surface area (TPSA) is 76.5 Å². The van der Waals surface area contributed by atoms with Gasteiger partial charge in [-0.3, -0.25) is 4.79 Å². The monoisotopic (exact) mass is 417 g/mol. The van der Waals surface area contributed by atoms with Gasteiger partial charge in [-0.15, -0.1) is 32.9 Å². The number of thioether (sulfide) groups is 1. The quantitative estimate of drug-likeness (QED) is 0.472. The van der Waals surface area contributed by atoms with Crippen LogP contribution in [0.1, 0.15) is 35.4 Å². The first kappa shape index (κ1) is 18.4. The van der Waals surface area contributed by atoms with Crippen molar-refractivity contribution in [2.24, 2.45) is 0 Å². The highest BCUT2D eigenvalue weighted by Crippen LogP contribution is 2.35. The Hall–Kier alpha value is -1.97. The third kappa shape index (κ3) is 3.24. The third-order valence-corrected chi connectivity index (χ3v) is 7.56. The lowest BCUT2D eigenvalue weighted by Crippen LogP contribution is -2.12. The molecule has 27 heavy (non-hydrogen) atoms. The van der Waals surface area contributed by atoms with Crippen molar-refractivity contribution >= 4 is 44.7 Å². The Morgan fingerprint density at radius 2 is 2.15 bits per heavy atom. The Morgan fingerprint density at radius 3 is 2.85 bits per heavy atom. The number of aromatic amines is 1. The molecular formula is C18H19N5OS3. The maximum Gasteiger partial charge on any atom is 0.259 e. The number of H-pyrrole nitrogens is 1. The van der Waals surface area contributed by atoms with Crippen LogP contribution < -0.4 is 5.56 Å². The molecule has 0 amide bonds. The molecule has 0 bridgehead atoms. The number of nitrogens with zero attached hydrogens (tertiary/aromatic N) is 4. The van der Waals surface area contributed by atoms with Crippen molar-refractivity contribution in [3.8, 4) is 10.7 Å². The highest BCUT2D eigenvalue weighted by atomic mass is 32.2. The van der Waals surface area contributed by atoms with Gasteiger partial charge in [0.25, 0.3) is 5.56 Å². The van der Waals surface area contributed by atoms with Crippen molar-refractivity contribution in [1.82, 2.24) is 24.7 Å². The first-order valence-corrected chi connectivity index (χ1v) is 11.2. The Bertz CT molecular complexity index is 1160. The van der Waals surface area contributed by atoms with Crippen LogP contribution in [-0.4, -0.2) is 24.7 Å². The summed E-state index contributed by atoms with van der Waals surface area (Å²) in [5.41, 5.74) is 0.947. The molecule has 4 rings (SSSR count). The summed E-state index contributed by atoms with van der Waals surface area (Å²) >= 11 is 4.78. The lowest BCUT2D eigenvalue weighted by molar-refractivity contribution is 0.685. The summed E-state index contributed by atoms with van der Waals surface area (Å²) in [4.78, 5) is 23.2. The molecule has 0 fully saturated rings. The van der Waals surface area contributed by atoms with Crippen LogP contribution in [0.4, 0.5) is 0 Å². The van der Waals surface area contributed by atoms with E-state index in [1.807, 2.05) is 38.3 Å². The third-order valence-electron chi connectivity index (χ3n) is 4.50. The van der Waals surface area contributed by atoms with Gasteiger partial charge in [0.2, 0.25) is 0 Å². The van der Waals surface area contributed by atoms with Crippen molar-refractivity contribution in [2.45, 2.75) is 44.6 Å². The van der Waals surface area contributed by atoms with E-state index in [1.165, 1.54) is 0 Å². The minimum atomic E-state index is -0.0690. The van der Waals surface area contributed by atoms with Gasteiger partial charge >= 0.3 is 0 Å². The highest BCUT2D eigenvalue weighted by molar-refractivity contribution is 7.99. The molecule has 1 N–H and O–H groups in total. The molecular weight excluding hydrogens is 398 g/mol. The van der Waals surface area contributed by atoms with Crippen LogP contribution in [0.3, 0.4) is 0 Å². The van der Waals surface area contributed by atoms with E-state index in [-0.39, 0.29) is 10.8 Å². The van der Waals surface area contributed by atoms with Gasteiger partial charge in [0.15, 0.2) is 11.0 Å². The van der Waals surface area contributed by atoms with E-state index in [2.05, 4.69) is 26.7 Å². The molecule has 4 aromatic heterocycles. The lowest BCUT2D eigenvalue weighted by atomic mass is 10.2. The maximum atomic E-state index is 12.5. The van der Waals surface area contributed by atoms with Crippen LogP contribution in [0.25, 0.3) is 20.9 Å². The van der Waals surface area contributed by atoms with Gasteiger partial charge in [-0.05, 0) is 44.7 Å². The van der Waals surface area contributed by atoms with E-state index in [1.54, 1.807) is 34.4 Å². The van der Waals surface area contributed by atoms with Gasteiger partial charge in [0, 0.05) is 11.4 Å². The number of fused-ring (bicyclic) bond motifs is 1. The van der Waals surface area contributed by atoms with E-state index < -0.39 is 0 Å². The Labute approximate surface area is 168 Å². The standard InChI is InChI=1S/C18H19N5OS3/c1-5-23-15(12-7-6-8-25-12)21-22-18(23)27-11(4)14-19-16(24)13-9(2)10(3)26-17(13)20-14/h6-8,11H,5H2,1-4H3,(H,19,20,24)/t11-/m0/s1. The predicted octanol–water partition coefficient (Wildman–Crippen LogP) is 4.79. The fraction of sp³-hybridized carbons (Fsp3) is 0.333. The van der Waals surface area contributed by atoms with Gasteiger partial charge in [-0.25, -0.2) is 4.98 Å². The first-order valence-electron chi connectivity index (χ1n) is 8.63. The number of thiophene rings is 2. The molecule has 0 unspecified atom stereocenters. The molecule has 0 radical (unpaired) electrons. The average Bonchev–Trinajstić information content (AvgIpc) is 3.35. The van der Waals surface area contributed by atoms with E-state index in [4.69, 9.17) is 4.98 Å². The van der Waals surface area contributed by atoms with Crippen molar-refractivity contribution in [2.75, 3.05) is 0 Å². The fourth-order valence-electron chi connectivity index (χ4n) is 2.93. The van der Waals surface area contributed by atoms with Gasteiger partial charge < -0.3 is 9.55 Å². The van der Waals surface area contributed by atoms with Crippen LogP contribution >= 0.6 is 34.4 Å². The van der Waals surface area contributed by atoms with E-state index in [0.717, 1.165) is 37.7 Å². The summed E-state index contributed by atoms with van der Waals surface area (Å²) < 4.78 is 2.10. The van der Waals surface area contributed by atoms with Crippen molar-refractivity contribution in [1.29, 1.82) is 0 Å². The second kappa shape index (κ2) is 7.21. The van der Waals surface area contributed by atoms with Gasteiger partial charge in [0.05, 0.1) is 15.5 Å². The summed E-state index contributed by atoms with van der Waals surface area (Å²) in [7, 11) is 0. The molecule has 0 aromatic carbocycles. The number of hydrogen-bond acceptors (Lipinski definition) is 7. The number of hydrogen-bond donors (Lipinski definition) is 1. The zero-order valence-corrected chi connectivity index (χ0v) is 17.9. The molecule has 0 aliphatic rings. The Kier molecular flexibility index (Phi) is 4.92. The molecule has 140 valence electrons. The SMILES string of the molecule is CCn1c(S[C@@H](C)c2nc3sc(C)c(C)c3c(=O)[nH]2)nnc1-c1cccs1. The number of aromatic nitrogens is 5. The number of aryl methyl sites for hydroxylation is 2. The Morgan fingerprint density at radius 1 is 1.33 bits per heavy atom. The zero-order valence-electron chi connectivity index (χ0n) is 15.4. The summed E-state index contributed by atoms with van der Waals surface area (Å²) in [5, 5.41) is 12.3. The van der Waals surface area contributed by atoms with Crippen LogP contribution in [0.15, 0.2) is 27.5 Å². The summed E-state index contributed by atoms with van der Waals surface area (Å²) in [6.07, 6.45) is 0. The molecule has 0 aliphatic heterocycles. The van der Waals surface area contributed by atoms with E-state index in [9.17, 15) is 4.79 Å². The van der Waals surface area contributed by atoms with Crippen molar-refractivity contribution in [3.05, 3.63) is 44.1 Å². The molecule has 9 heteroatoms. The number of nitrogens with one attached hydrogen (secondary N) is 1. The smallest absolute Gasteiger partial charge is 0.259 e. The summed E-state index contributed by atoms with van der Waals surface area (Å²) in [6, 6.07) is 4.06. The number of rotatable bonds is 5. The molecule has 6 nitrogen and oxygen atoms in total. The summed E-state index contributed by atoms with van der Waals surface area (Å²) in [6.45, 7) is 8.88. The molecule has 4 heterocycles. The van der Waals surface area contributed by atoms with E-state index in [0.29, 0.717) is 11.2 Å². The molecule has 0 saturated heterocycles. The minimum Gasteiger partial charge on any atom is -0.309 e. The fourth-order valence-corrected chi connectivity index (χ4v) is 5.65. The molecule has 0 saturated carbocycles. The van der Waals surface area contributed by atoms with E-state index >= 15 is 0 Å². The predicted molar refractivity (Wildman–Crippen MR) is 113 cm³/mol. The second-order valence-corrected chi connectivity index (χ2v) is 9.66. The van der Waals surface area contributed by atoms with Crippen molar-refractivity contribution in [3.63, 3.8) is 0 Å². The second-order valence-electron chi connectivity index (χ2n) is 6.20. The van der Waals surface area contributed by atoms with Gasteiger partial charge in [-0.1, -0.05) is 17.8 Å². The zero-order chi connectivity index (χ0) is 19.1. The highest BCUT2D eigenvalue weighted by Gasteiger charge is 2.20. The van der Waals surface area contributed by atoms with Gasteiger partial charge in [0.1, 0.15) is 10.7 Å². The Balaban J connectivity index is 1.68. The van der Waals surface area contributed by atoms with Crippen LogP contribution in [0.5, 0.6) is 0 Å². The largest absolute Gasteiger partial charge is 0.309 e. The summed E-state index contributed by atoms with van der Waals surface area (Å²) in [5.74, 6) is 1.55. The molecule has 0 spiro atoms. The molecule has 1 atom stereocenters. The normalized spacial score (nSPS) is 12.7. The van der Waals surface area contributed by atoms with Gasteiger partial charge in [-0.2, -0.15) is 0 Å². The van der Waals surface area contributed by atoms with Crippen LogP contribution in [0.2, 0.25) is 0 Å². The lowest BCUT2D eigenvalue weighted by Gasteiger charge is -2.11. The average molecular weight is 418 g/mol. The maximum absolute atomic E-state index is 12.5. The van der Waals surface area contributed by atoms with Crippen LogP contribution in [0, 0.1) is 13.8 Å². The molecule has 0 aliphatic carbocycles. The minimum absolute atomic E-state index is 0.0458. The first-order chi connectivity index (χ1) is 13.0.